The van der Waals surface area contributed by atoms with E-state index >= 15 is 0 Å². The molecule has 4 nitrogen and oxygen atoms in total. The molecule has 0 amide bonds. The summed E-state index contributed by atoms with van der Waals surface area (Å²) in [5.41, 5.74) is 1.61. The van der Waals surface area contributed by atoms with E-state index in [0.29, 0.717) is 10.9 Å². The molecule has 0 aliphatic rings. The second kappa shape index (κ2) is 9.10. The lowest BCUT2D eigenvalue weighted by molar-refractivity contribution is -0.137. The summed E-state index contributed by atoms with van der Waals surface area (Å²) >= 11 is 0. The van der Waals surface area contributed by atoms with Crippen LogP contribution in [0.15, 0.2) is 53.5 Å². The summed E-state index contributed by atoms with van der Waals surface area (Å²) < 4.78 is 43.8. The molecule has 1 aromatic carbocycles. The van der Waals surface area contributed by atoms with Crippen LogP contribution in [0.3, 0.4) is 0 Å². The highest BCUT2D eigenvalue weighted by Gasteiger charge is 2.30. The monoisotopic (exact) mass is 391 g/mol. The van der Waals surface area contributed by atoms with Gasteiger partial charge in [0.1, 0.15) is 0 Å². The maximum atomic E-state index is 12.9. The summed E-state index contributed by atoms with van der Waals surface area (Å²) in [4.78, 5) is 6.45. The third-order valence-electron chi connectivity index (χ3n) is 4.56. The molecule has 2 aromatic heterocycles. The SMILES string of the molecule is CCCN(CCCNc1ccnc2cc(C(F)(F)F)ccc12)Cc1ccoc1. The minimum atomic E-state index is -4.36. The van der Waals surface area contributed by atoms with Crippen LogP contribution in [0.5, 0.6) is 0 Å². The lowest BCUT2D eigenvalue weighted by atomic mass is 10.1. The molecule has 150 valence electrons. The molecule has 0 saturated heterocycles. The molecule has 0 radical (unpaired) electrons. The first-order chi connectivity index (χ1) is 13.5. The van der Waals surface area contributed by atoms with Crippen molar-refractivity contribution in [2.24, 2.45) is 0 Å². The van der Waals surface area contributed by atoms with Gasteiger partial charge in [-0.15, -0.1) is 0 Å². The lowest BCUT2D eigenvalue weighted by Gasteiger charge is -2.21. The number of hydrogen-bond donors (Lipinski definition) is 1. The number of nitrogens with one attached hydrogen (secondary N) is 1. The van der Waals surface area contributed by atoms with E-state index in [1.165, 1.54) is 12.3 Å². The number of hydrogen-bond acceptors (Lipinski definition) is 4. The smallest absolute Gasteiger partial charge is 0.416 e. The van der Waals surface area contributed by atoms with E-state index in [1.807, 2.05) is 6.07 Å². The summed E-state index contributed by atoms with van der Waals surface area (Å²) in [6.07, 6.45) is 2.60. The largest absolute Gasteiger partial charge is 0.472 e. The molecule has 2 heterocycles. The highest BCUT2D eigenvalue weighted by Crippen LogP contribution is 2.32. The maximum absolute atomic E-state index is 12.9. The molecule has 28 heavy (non-hydrogen) atoms. The maximum Gasteiger partial charge on any atom is 0.416 e. The van der Waals surface area contributed by atoms with Crippen molar-refractivity contribution in [1.29, 1.82) is 0 Å². The third-order valence-corrected chi connectivity index (χ3v) is 4.56. The summed E-state index contributed by atoms with van der Waals surface area (Å²) in [6.45, 7) is 5.66. The fraction of sp³-hybridized carbons (Fsp3) is 0.381. The zero-order chi connectivity index (χ0) is 20.0. The van der Waals surface area contributed by atoms with Crippen molar-refractivity contribution in [2.75, 3.05) is 25.0 Å². The zero-order valence-electron chi connectivity index (χ0n) is 15.8. The molecule has 1 N–H and O–H groups in total. The van der Waals surface area contributed by atoms with Gasteiger partial charge in [0, 0.05) is 42.5 Å². The van der Waals surface area contributed by atoms with E-state index in [4.69, 9.17) is 4.42 Å². The Hall–Kier alpha value is -2.54. The minimum absolute atomic E-state index is 0.340. The Balaban J connectivity index is 1.58. The Morgan fingerprint density at radius 2 is 2.00 bits per heavy atom. The van der Waals surface area contributed by atoms with Crippen molar-refractivity contribution in [2.45, 2.75) is 32.5 Å². The van der Waals surface area contributed by atoms with E-state index in [2.05, 4.69) is 22.1 Å². The molecule has 0 aliphatic carbocycles. The van der Waals surface area contributed by atoms with Gasteiger partial charge in [-0.2, -0.15) is 13.2 Å². The van der Waals surface area contributed by atoms with Gasteiger partial charge < -0.3 is 9.73 Å². The molecule has 7 heteroatoms. The van der Waals surface area contributed by atoms with Crippen LogP contribution in [-0.2, 0) is 12.7 Å². The van der Waals surface area contributed by atoms with Gasteiger partial charge in [-0.05, 0) is 43.7 Å². The number of aromatic nitrogens is 1. The molecule has 0 fully saturated rings. The number of anilines is 1. The lowest BCUT2D eigenvalue weighted by Crippen LogP contribution is -2.26. The minimum Gasteiger partial charge on any atom is -0.472 e. The van der Waals surface area contributed by atoms with Crippen LogP contribution >= 0.6 is 0 Å². The van der Waals surface area contributed by atoms with E-state index in [1.54, 1.807) is 18.6 Å². The van der Waals surface area contributed by atoms with Crippen molar-refractivity contribution in [1.82, 2.24) is 9.88 Å². The average molecular weight is 391 g/mol. The molecule has 0 aliphatic heterocycles. The fourth-order valence-corrected chi connectivity index (χ4v) is 3.23. The van der Waals surface area contributed by atoms with Crippen molar-refractivity contribution in [3.05, 3.63) is 60.2 Å². The second-order valence-corrected chi connectivity index (χ2v) is 6.78. The number of halogens is 3. The molecule has 3 rings (SSSR count). The first-order valence-corrected chi connectivity index (χ1v) is 9.40. The molecule has 0 spiro atoms. The van der Waals surface area contributed by atoms with Gasteiger partial charge in [-0.3, -0.25) is 9.88 Å². The summed E-state index contributed by atoms with van der Waals surface area (Å²) in [5, 5.41) is 4.03. The van der Waals surface area contributed by atoms with Crippen LogP contribution in [0.1, 0.15) is 30.9 Å². The van der Waals surface area contributed by atoms with Gasteiger partial charge >= 0.3 is 6.18 Å². The fourth-order valence-electron chi connectivity index (χ4n) is 3.23. The predicted molar refractivity (Wildman–Crippen MR) is 104 cm³/mol. The van der Waals surface area contributed by atoms with Gasteiger partial charge in [-0.1, -0.05) is 13.0 Å². The summed E-state index contributed by atoms with van der Waals surface area (Å²) in [5.74, 6) is 0. The van der Waals surface area contributed by atoms with Crippen molar-refractivity contribution in [3.8, 4) is 0 Å². The molecular weight excluding hydrogens is 367 g/mol. The second-order valence-electron chi connectivity index (χ2n) is 6.78. The van der Waals surface area contributed by atoms with E-state index < -0.39 is 11.7 Å². The Morgan fingerprint density at radius 3 is 2.71 bits per heavy atom. The molecule has 0 bridgehead atoms. The van der Waals surface area contributed by atoms with Gasteiger partial charge in [0.25, 0.3) is 0 Å². The summed E-state index contributed by atoms with van der Waals surface area (Å²) in [7, 11) is 0. The average Bonchev–Trinajstić information content (AvgIpc) is 3.17. The number of benzene rings is 1. The number of alkyl halides is 3. The van der Waals surface area contributed by atoms with Gasteiger partial charge in [0.05, 0.1) is 23.6 Å². The van der Waals surface area contributed by atoms with Crippen LogP contribution in [0.2, 0.25) is 0 Å². The van der Waals surface area contributed by atoms with Crippen LogP contribution in [-0.4, -0.2) is 29.5 Å². The Morgan fingerprint density at radius 1 is 1.14 bits per heavy atom. The van der Waals surface area contributed by atoms with E-state index in [-0.39, 0.29) is 0 Å². The quantitative estimate of drug-likeness (QED) is 0.485. The summed E-state index contributed by atoms with van der Waals surface area (Å²) in [6, 6.07) is 7.44. The van der Waals surface area contributed by atoms with E-state index in [9.17, 15) is 13.2 Å². The van der Waals surface area contributed by atoms with Crippen molar-refractivity contribution < 1.29 is 17.6 Å². The highest BCUT2D eigenvalue weighted by atomic mass is 19.4. The third kappa shape index (κ3) is 5.25. The molecule has 0 unspecified atom stereocenters. The van der Waals surface area contributed by atoms with Crippen LogP contribution in [0, 0.1) is 0 Å². The Bertz CT molecular complexity index is 878. The topological polar surface area (TPSA) is 41.3 Å². The number of pyridine rings is 1. The van der Waals surface area contributed by atoms with Crippen LogP contribution < -0.4 is 5.32 Å². The number of nitrogens with zero attached hydrogens (tertiary/aromatic N) is 2. The first kappa shape index (κ1) is 20.2. The Kier molecular flexibility index (Phi) is 6.57. The predicted octanol–water partition coefficient (Wildman–Crippen LogP) is 5.56. The van der Waals surface area contributed by atoms with Crippen molar-refractivity contribution >= 4 is 16.6 Å². The highest BCUT2D eigenvalue weighted by molar-refractivity contribution is 5.91. The van der Waals surface area contributed by atoms with Crippen LogP contribution in [0.25, 0.3) is 10.9 Å². The van der Waals surface area contributed by atoms with Gasteiger partial charge in [0.15, 0.2) is 0 Å². The van der Waals surface area contributed by atoms with Crippen LogP contribution in [0.4, 0.5) is 18.9 Å². The Labute approximate surface area is 162 Å². The first-order valence-electron chi connectivity index (χ1n) is 9.40. The molecule has 0 saturated carbocycles. The van der Waals surface area contributed by atoms with E-state index in [0.717, 1.165) is 62.4 Å². The van der Waals surface area contributed by atoms with Gasteiger partial charge in [-0.25, -0.2) is 0 Å². The van der Waals surface area contributed by atoms with Crippen molar-refractivity contribution in [3.63, 3.8) is 0 Å². The number of rotatable bonds is 9. The standard InChI is InChI=1S/C21H24F3N3O/c1-2-10-27(14-16-7-12-28-15-16)11-3-8-25-19-6-9-26-20-13-17(21(22,23)24)4-5-18(19)20/h4-7,9,12-13,15H,2-3,8,10-11,14H2,1H3,(H,25,26). The molecule has 0 atom stereocenters. The number of fused-ring (bicyclic) bond motifs is 1. The number of furan rings is 1. The zero-order valence-corrected chi connectivity index (χ0v) is 15.8. The van der Waals surface area contributed by atoms with Gasteiger partial charge in [0.2, 0.25) is 0 Å². The normalized spacial score (nSPS) is 12.0. The molecule has 3 aromatic rings. The molecular formula is C21H24F3N3O.